The van der Waals surface area contributed by atoms with Gasteiger partial charge in [-0.2, -0.15) is 8.42 Å². The second-order valence-corrected chi connectivity index (χ2v) is 4.54. The number of hydrogen-bond donors (Lipinski definition) is 0. The van der Waals surface area contributed by atoms with E-state index < -0.39 is 10.5 Å². The van der Waals surface area contributed by atoms with Crippen LogP contribution in [0.1, 0.15) is 6.42 Å². The van der Waals surface area contributed by atoms with E-state index in [0.717, 1.165) is 0 Å². The number of nitrogens with zero attached hydrogens (tertiary/aromatic N) is 1. The van der Waals surface area contributed by atoms with E-state index in [1.54, 1.807) is 6.08 Å². The van der Waals surface area contributed by atoms with Crippen LogP contribution in [-0.2, 0) is 19.4 Å². The van der Waals surface area contributed by atoms with Crippen LogP contribution in [0.25, 0.3) is 0 Å². The highest BCUT2D eigenvalue weighted by Crippen LogP contribution is 2.19. The largest absolute Gasteiger partial charge is 0.488 e. The maximum atomic E-state index is 12.2. The molecule has 15 heavy (non-hydrogen) atoms. The molecule has 0 spiro atoms. The third-order valence-electron chi connectivity index (χ3n) is 2.54. The van der Waals surface area contributed by atoms with Gasteiger partial charge >= 0.3 is 10.5 Å². The first-order chi connectivity index (χ1) is 7.04. The normalized spacial score (nSPS) is 24.5. The van der Waals surface area contributed by atoms with Crippen molar-refractivity contribution in [3.63, 3.8) is 0 Å². The minimum Gasteiger partial charge on any atom is -0.378 e. The lowest BCUT2D eigenvalue weighted by Gasteiger charge is -2.38. The minimum absolute atomic E-state index is 0.189. The average Bonchev–Trinajstić information content (AvgIpc) is 2.02. The Morgan fingerprint density at radius 3 is 2.67 bits per heavy atom. The quantitative estimate of drug-likeness (QED) is 0.657. The van der Waals surface area contributed by atoms with Gasteiger partial charge in [0, 0.05) is 19.5 Å². The Bertz CT molecular complexity index is 363. The molecule has 5 nitrogen and oxygen atoms in total. The molecule has 0 amide bonds. The summed E-state index contributed by atoms with van der Waals surface area (Å²) >= 11 is 0. The van der Waals surface area contributed by atoms with Gasteiger partial charge in [-0.25, -0.2) is 0 Å². The number of hydrogen-bond acceptors (Lipinski definition) is 5. The van der Waals surface area contributed by atoms with E-state index in [0.29, 0.717) is 38.8 Å². The van der Waals surface area contributed by atoms with Crippen molar-refractivity contribution in [2.75, 3.05) is 26.3 Å². The van der Waals surface area contributed by atoms with Gasteiger partial charge in [0.15, 0.2) is 0 Å². The summed E-state index contributed by atoms with van der Waals surface area (Å²) in [4.78, 5) is 2.15. The average molecular weight is 237 g/mol. The first kappa shape index (κ1) is 10.8. The molecular formula is C8H12FNO4S. The fourth-order valence-corrected chi connectivity index (χ4v) is 2.04. The third kappa shape index (κ3) is 2.90. The highest BCUT2D eigenvalue weighted by atomic mass is 32.3. The van der Waals surface area contributed by atoms with Crippen molar-refractivity contribution in [3.8, 4) is 0 Å². The third-order valence-corrected chi connectivity index (χ3v) is 2.96. The monoisotopic (exact) mass is 237 g/mol. The summed E-state index contributed by atoms with van der Waals surface area (Å²) in [6.45, 7) is 2.69. The summed E-state index contributed by atoms with van der Waals surface area (Å²) in [6, 6.07) is 0.407. The predicted molar refractivity (Wildman–Crippen MR) is 50.0 cm³/mol. The molecule has 0 bridgehead atoms. The molecule has 2 heterocycles. The predicted octanol–water partition coefficient (Wildman–Crippen LogP) is 0.206. The zero-order chi connectivity index (χ0) is 10.9. The van der Waals surface area contributed by atoms with Gasteiger partial charge in [0.05, 0.1) is 19.3 Å². The molecule has 1 saturated heterocycles. The highest BCUT2D eigenvalue weighted by molar-refractivity contribution is 7.81. The van der Waals surface area contributed by atoms with Gasteiger partial charge in [0.2, 0.25) is 0 Å². The molecule has 7 heteroatoms. The van der Waals surface area contributed by atoms with Crippen LogP contribution in [-0.4, -0.2) is 45.7 Å². The lowest BCUT2D eigenvalue weighted by atomic mass is 10.1. The van der Waals surface area contributed by atoms with Crippen LogP contribution in [0.15, 0.2) is 11.8 Å². The van der Waals surface area contributed by atoms with E-state index in [1.165, 1.54) is 0 Å². The lowest BCUT2D eigenvalue weighted by molar-refractivity contribution is -0.0629. The van der Waals surface area contributed by atoms with Crippen LogP contribution in [0, 0.1) is 0 Å². The molecule has 86 valence electrons. The summed E-state index contributed by atoms with van der Waals surface area (Å²) in [5.74, 6) is 0.189. The fraction of sp³-hybridized carbons (Fsp3) is 0.750. The number of halogens is 1. The molecule has 0 unspecified atom stereocenters. The molecule has 0 atom stereocenters. The van der Waals surface area contributed by atoms with E-state index in [2.05, 4.69) is 9.08 Å². The molecule has 0 aromatic rings. The number of ether oxygens (including phenoxy) is 1. The molecule has 0 radical (unpaired) electrons. The first-order valence-corrected chi connectivity index (χ1v) is 6.00. The standard InChI is InChI=1S/C8H12FNO4S/c9-15(11,12)14-8-1-3-10(4-2-8)7-5-13-6-7/h1,7H,2-6H2. The van der Waals surface area contributed by atoms with Crippen LogP contribution in [0.2, 0.25) is 0 Å². The molecule has 2 aliphatic rings. The SMILES string of the molecule is O=S(=O)(F)OC1=CCN(C2COC2)CC1. The number of rotatable bonds is 3. The van der Waals surface area contributed by atoms with Gasteiger partial charge in [-0.05, 0) is 6.08 Å². The van der Waals surface area contributed by atoms with Crippen LogP contribution < -0.4 is 0 Å². The second-order valence-electron chi connectivity index (χ2n) is 3.58. The Kier molecular flexibility index (Phi) is 2.94. The van der Waals surface area contributed by atoms with Crippen molar-refractivity contribution < 1.29 is 21.2 Å². The van der Waals surface area contributed by atoms with Gasteiger partial charge in [-0.15, -0.1) is 0 Å². The summed E-state index contributed by atoms with van der Waals surface area (Å²) < 4.78 is 41.8. The molecule has 0 aliphatic carbocycles. The molecule has 2 aliphatic heterocycles. The molecule has 1 fully saturated rings. The fourth-order valence-electron chi connectivity index (χ4n) is 1.64. The zero-order valence-corrected chi connectivity index (χ0v) is 8.87. The molecule has 2 rings (SSSR count). The van der Waals surface area contributed by atoms with E-state index in [-0.39, 0.29) is 5.76 Å². The Balaban J connectivity index is 1.88. The van der Waals surface area contributed by atoms with E-state index >= 15 is 0 Å². The van der Waals surface area contributed by atoms with Gasteiger partial charge in [0.25, 0.3) is 0 Å². The van der Waals surface area contributed by atoms with Crippen molar-refractivity contribution in [2.24, 2.45) is 0 Å². The summed E-state index contributed by atoms with van der Waals surface area (Å²) in [5.41, 5.74) is 0. The smallest absolute Gasteiger partial charge is 0.378 e. The van der Waals surface area contributed by atoms with Gasteiger partial charge in [-0.3, -0.25) is 4.90 Å². The van der Waals surface area contributed by atoms with Crippen LogP contribution in [0.5, 0.6) is 0 Å². The second kappa shape index (κ2) is 4.07. The van der Waals surface area contributed by atoms with Crippen molar-refractivity contribution in [2.45, 2.75) is 12.5 Å². The minimum atomic E-state index is -4.86. The van der Waals surface area contributed by atoms with E-state index in [9.17, 15) is 12.3 Å². The van der Waals surface area contributed by atoms with Crippen LogP contribution in [0.4, 0.5) is 3.89 Å². The van der Waals surface area contributed by atoms with Crippen molar-refractivity contribution in [1.29, 1.82) is 0 Å². The van der Waals surface area contributed by atoms with Gasteiger partial charge < -0.3 is 8.92 Å². The maximum absolute atomic E-state index is 12.2. The van der Waals surface area contributed by atoms with Crippen LogP contribution in [0.3, 0.4) is 0 Å². The Morgan fingerprint density at radius 1 is 1.53 bits per heavy atom. The van der Waals surface area contributed by atoms with Crippen LogP contribution >= 0.6 is 0 Å². The molecule has 0 aromatic heterocycles. The van der Waals surface area contributed by atoms with E-state index in [1.807, 2.05) is 0 Å². The van der Waals surface area contributed by atoms with Gasteiger partial charge in [-0.1, -0.05) is 3.89 Å². The first-order valence-electron chi connectivity index (χ1n) is 4.69. The maximum Gasteiger partial charge on any atom is 0.488 e. The van der Waals surface area contributed by atoms with Gasteiger partial charge in [0.1, 0.15) is 5.76 Å². The summed E-state index contributed by atoms with van der Waals surface area (Å²) in [6.07, 6.45) is 2.01. The van der Waals surface area contributed by atoms with Crippen molar-refractivity contribution >= 4 is 10.5 Å². The lowest BCUT2D eigenvalue weighted by Crippen LogP contribution is -2.50. The Labute approximate surface area is 87.9 Å². The molecule has 0 aromatic carbocycles. The molecule has 0 saturated carbocycles. The molecule has 0 N–H and O–H groups in total. The Morgan fingerprint density at radius 2 is 2.27 bits per heavy atom. The zero-order valence-electron chi connectivity index (χ0n) is 8.06. The van der Waals surface area contributed by atoms with Crippen molar-refractivity contribution in [1.82, 2.24) is 4.90 Å². The summed E-state index contributed by atoms with van der Waals surface area (Å²) in [7, 11) is -4.86. The highest BCUT2D eigenvalue weighted by Gasteiger charge is 2.28. The Hall–Kier alpha value is -0.660. The van der Waals surface area contributed by atoms with Crippen molar-refractivity contribution in [3.05, 3.63) is 11.8 Å². The molecular weight excluding hydrogens is 225 g/mol. The topological polar surface area (TPSA) is 55.8 Å². The summed E-state index contributed by atoms with van der Waals surface area (Å²) in [5, 5.41) is 0. The van der Waals surface area contributed by atoms with E-state index in [4.69, 9.17) is 4.74 Å².